The van der Waals surface area contributed by atoms with Gasteiger partial charge in [-0.15, -0.1) is 0 Å². The summed E-state index contributed by atoms with van der Waals surface area (Å²) in [6, 6.07) is 6.85. The van der Waals surface area contributed by atoms with Gasteiger partial charge in [-0.05, 0) is 61.8 Å². The number of carboxylic acids is 1. The second-order valence-corrected chi connectivity index (χ2v) is 10.6. The van der Waals surface area contributed by atoms with Crippen LogP contribution < -0.4 is 14.4 Å². The van der Waals surface area contributed by atoms with E-state index >= 15 is 0 Å². The lowest BCUT2D eigenvalue weighted by Crippen LogP contribution is -2.28. The molecule has 0 bridgehead atoms. The van der Waals surface area contributed by atoms with Crippen LogP contribution in [0.5, 0.6) is 5.75 Å². The number of aromatic carboxylic acids is 1. The van der Waals surface area contributed by atoms with Crippen molar-refractivity contribution in [3.05, 3.63) is 53.4 Å². The van der Waals surface area contributed by atoms with E-state index in [1.165, 1.54) is 12.1 Å². The molecule has 0 radical (unpaired) electrons. The lowest BCUT2D eigenvalue weighted by atomic mass is 10.1. The minimum atomic E-state index is -4.25. The molecule has 0 unspecified atom stereocenters. The van der Waals surface area contributed by atoms with Crippen LogP contribution in [0.15, 0.2) is 41.3 Å². The van der Waals surface area contributed by atoms with Crippen LogP contribution in [0.3, 0.4) is 0 Å². The Morgan fingerprint density at radius 3 is 2.75 bits per heavy atom. The smallest absolute Gasteiger partial charge is 0.341 e. The number of fused-ring (bicyclic) bond motifs is 3. The molecule has 2 aliphatic heterocycles. The van der Waals surface area contributed by atoms with Crippen molar-refractivity contribution in [3.63, 3.8) is 0 Å². The van der Waals surface area contributed by atoms with Crippen molar-refractivity contribution < 1.29 is 27.4 Å². The number of carbonyl (C=O) groups is 1. The number of ether oxygens (including phenoxy) is 1. The molecule has 0 saturated carbocycles. The molecule has 194 valence electrons. The van der Waals surface area contributed by atoms with Crippen LogP contribution in [0, 0.1) is 5.82 Å². The molecule has 2 aromatic rings. The molecule has 1 atom stereocenters. The molecule has 1 fully saturated rings. The summed E-state index contributed by atoms with van der Waals surface area (Å²) in [5.74, 6) is -1.69. The summed E-state index contributed by atoms with van der Waals surface area (Å²) in [7, 11) is -4.25. The van der Waals surface area contributed by atoms with Crippen molar-refractivity contribution in [1.82, 2.24) is 4.90 Å². The molecule has 1 saturated heterocycles. The first-order chi connectivity index (χ1) is 17.2. The van der Waals surface area contributed by atoms with Crippen molar-refractivity contribution >= 4 is 33.4 Å². The van der Waals surface area contributed by atoms with E-state index in [1.807, 2.05) is 13.8 Å². The molecule has 2 aromatic carbocycles. The van der Waals surface area contributed by atoms with Gasteiger partial charge in [0.25, 0.3) is 10.0 Å². The number of nitrogens with zero attached hydrogens (tertiary/aromatic N) is 2. The highest BCUT2D eigenvalue weighted by molar-refractivity contribution is 7.92. The average Bonchev–Trinajstić information content (AvgIpc) is 3.22. The molecular weight excluding hydrogens is 485 g/mol. The summed E-state index contributed by atoms with van der Waals surface area (Å²) in [6.45, 7) is 7.43. The molecule has 0 aromatic heterocycles. The van der Waals surface area contributed by atoms with Crippen LogP contribution in [-0.2, 0) is 10.0 Å². The first-order valence-electron chi connectivity index (χ1n) is 12.3. The Hall–Kier alpha value is -3.11. The highest BCUT2D eigenvalue weighted by Crippen LogP contribution is 2.43. The van der Waals surface area contributed by atoms with E-state index in [2.05, 4.69) is 14.5 Å². The van der Waals surface area contributed by atoms with Crippen LogP contribution in [0.2, 0.25) is 0 Å². The maximum absolute atomic E-state index is 14.0. The first kappa shape index (κ1) is 26.0. The summed E-state index contributed by atoms with van der Waals surface area (Å²) >= 11 is 0. The SMILES string of the molecule is CCN(CC)C/C=C\c1cc(F)ccc1S(=O)(=O)Nc1ccc2c(c1C(=O)O)OCC[C@@H]1CCCN21. The number of rotatable bonds is 9. The molecular formula is C26H32FN3O5S. The van der Waals surface area contributed by atoms with Crippen LogP contribution in [0.25, 0.3) is 6.08 Å². The Balaban J connectivity index is 1.70. The van der Waals surface area contributed by atoms with Crippen LogP contribution in [0.4, 0.5) is 15.8 Å². The van der Waals surface area contributed by atoms with Gasteiger partial charge in [0.05, 0.1) is 22.9 Å². The van der Waals surface area contributed by atoms with E-state index < -0.39 is 21.8 Å². The molecule has 2 N–H and O–H groups in total. The third kappa shape index (κ3) is 5.34. The summed E-state index contributed by atoms with van der Waals surface area (Å²) in [4.78, 5) is 16.4. The van der Waals surface area contributed by atoms with Gasteiger partial charge in [-0.25, -0.2) is 17.6 Å². The van der Waals surface area contributed by atoms with Gasteiger partial charge in [0.2, 0.25) is 0 Å². The fourth-order valence-corrected chi connectivity index (χ4v) is 6.15. The summed E-state index contributed by atoms with van der Waals surface area (Å²) in [5.41, 5.74) is 0.514. The summed E-state index contributed by atoms with van der Waals surface area (Å²) in [6.07, 6.45) is 6.15. The number of hydrogen-bond donors (Lipinski definition) is 2. The summed E-state index contributed by atoms with van der Waals surface area (Å²) < 4.78 is 49.1. The molecule has 0 aliphatic carbocycles. The molecule has 2 heterocycles. The van der Waals surface area contributed by atoms with E-state index in [-0.39, 0.29) is 33.5 Å². The van der Waals surface area contributed by atoms with Crippen molar-refractivity contribution in [2.45, 2.75) is 44.0 Å². The number of sulfonamides is 1. The maximum atomic E-state index is 14.0. The maximum Gasteiger partial charge on any atom is 0.341 e. The van der Waals surface area contributed by atoms with Crippen LogP contribution in [0.1, 0.15) is 49.0 Å². The molecule has 10 heteroatoms. The minimum absolute atomic E-state index is 0.0960. The van der Waals surface area contributed by atoms with Gasteiger partial charge in [0, 0.05) is 25.6 Å². The third-order valence-corrected chi connectivity index (χ3v) is 8.24. The Morgan fingerprint density at radius 2 is 2.03 bits per heavy atom. The second kappa shape index (κ2) is 10.9. The van der Waals surface area contributed by atoms with Crippen LogP contribution >= 0.6 is 0 Å². The normalized spacial score (nSPS) is 17.6. The topological polar surface area (TPSA) is 99.2 Å². The minimum Gasteiger partial charge on any atom is -0.490 e. The Bertz CT molecular complexity index is 1260. The van der Waals surface area contributed by atoms with Crippen molar-refractivity contribution in [2.75, 3.05) is 42.4 Å². The first-order valence-corrected chi connectivity index (χ1v) is 13.7. The number of hydrogen-bond acceptors (Lipinski definition) is 6. The van der Waals surface area contributed by atoms with Gasteiger partial charge in [0.15, 0.2) is 5.75 Å². The van der Waals surface area contributed by atoms with Crippen molar-refractivity contribution in [1.29, 1.82) is 0 Å². The zero-order valence-corrected chi connectivity index (χ0v) is 21.4. The van der Waals surface area contributed by atoms with E-state index in [1.54, 1.807) is 18.2 Å². The van der Waals surface area contributed by atoms with Crippen molar-refractivity contribution in [2.24, 2.45) is 0 Å². The monoisotopic (exact) mass is 517 g/mol. The number of benzene rings is 2. The van der Waals surface area contributed by atoms with E-state index in [4.69, 9.17) is 4.74 Å². The average molecular weight is 518 g/mol. The Kier molecular flexibility index (Phi) is 7.85. The van der Waals surface area contributed by atoms with E-state index in [0.29, 0.717) is 18.8 Å². The quantitative estimate of drug-likeness (QED) is 0.508. The predicted octanol–water partition coefficient (Wildman–Crippen LogP) is 4.43. The number of anilines is 2. The highest BCUT2D eigenvalue weighted by atomic mass is 32.2. The fraction of sp³-hybridized carbons (Fsp3) is 0.423. The molecule has 2 aliphatic rings. The van der Waals surface area contributed by atoms with E-state index in [0.717, 1.165) is 51.0 Å². The van der Waals surface area contributed by atoms with Gasteiger partial charge in [0.1, 0.15) is 11.4 Å². The summed E-state index contributed by atoms with van der Waals surface area (Å²) in [5, 5.41) is 10.0. The van der Waals surface area contributed by atoms with Gasteiger partial charge < -0.3 is 19.6 Å². The number of likely N-dealkylation sites (N-methyl/N-ethyl adjacent to an activating group) is 1. The van der Waals surface area contributed by atoms with Gasteiger partial charge in [-0.3, -0.25) is 4.72 Å². The Morgan fingerprint density at radius 1 is 1.25 bits per heavy atom. The Labute approximate surface area is 211 Å². The third-order valence-electron chi connectivity index (χ3n) is 6.80. The zero-order chi connectivity index (χ0) is 25.9. The largest absolute Gasteiger partial charge is 0.490 e. The number of nitrogens with one attached hydrogen (secondary N) is 1. The lowest BCUT2D eigenvalue weighted by molar-refractivity contribution is 0.0693. The van der Waals surface area contributed by atoms with Crippen LogP contribution in [-0.4, -0.2) is 63.2 Å². The van der Waals surface area contributed by atoms with Gasteiger partial charge in [-0.2, -0.15) is 0 Å². The van der Waals surface area contributed by atoms with Crippen molar-refractivity contribution in [3.8, 4) is 5.75 Å². The molecule has 36 heavy (non-hydrogen) atoms. The van der Waals surface area contributed by atoms with Gasteiger partial charge >= 0.3 is 5.97 Å². The lowest BCUT2D eigenvalue weighted by Gasteiger charge is -2.25. The fourth-order valence-electron chi connectivity index (χ4n) is 4.90. The second-order valence-electron chi connectivity index (χ2n) is 8.94. The predicted molar refractivity (Wildman–Crippen MR) is 138 cm³/mol. The zero-order valence-electron chi connectivity index (χ0n) is 20.5. The molecule has 0 spiro atoms. The molecule has 8 nitrogen and oxygen atoms in total. The highest BCUT2D eigenvalue weighted by Gasteiger charge is 2.33. The van der Waals surface area contributed by atoms with Gasteiger partial charge in [-0.1, -0.05) is 26.0 Å². The van der Waals surface area contributed by atoms with E-state index in [9.17, 15) is 22.7 Å². The molecule has 4 rings (SSSR count). The standard InChI is InChI=1S/C26H32FN3O5S/c1-3-29(4-2)14-5-7-18-17-19(27)9-12-23(18)36(33,34)28-21-10-11-22-25(24(21)26(31)32)35-16-13-20-8-6-15-30(20)22/h5,7,9-12,17,20,28H,3-4,6,8,13-16H2,1-2H3,(H,31,32)/b7-5-/t20-/m0/s1. The number of carboxylic acid groups (broad SMARTS) is 1. The molecule has 0 amide bonds. The number of halogens is 1.